The van der Waals surface area contributed by atoms with Gasteiger partial charge in [-0.25, -0.2) is 4.79 Å². The van der Waals surface area contributed by atoms with Gasteiger partial charge in [0, 0.05) is 18.7 Å². The first-order valence-electron chi connectivity index (χ1n) is 5.78. The molecule has 0 saturated carbocycles. The van der Waals surface area contributed by atoms with E-state index >= 15 is 0 Å². The SMILES string of the molecule is CC(=O)N[C@@H](CSc1ccc([N+](=O)[O-])cc1[N+](=O)[O-])C(=O)O. The lowest BCUT2D eigenvalue weighted by atomic mass is 10.3. The minimum absolute atomic E-state index is 0.0761. The Hall–Kier alpha value is -2.69. The van der Waals surface area contributed by atoms with Crippen molar-refractivity contribution < 1.29 is 24.5 Å². The summed E-state index contributed by atoms with van der Waals surface area (Å²) < 4.78 is 0. The van der Waals surface area contributed by atoms with E-state index in [1.54, 1.807) is 0 Å². The summed E-state index contributed by atoms with van der Waals surface area (Å²) >= 11 is 0.814. The van der Waals surface area contributed by atoms with E-state index < -0.39 is 39.1 Å². The molecule has 1 amide bonds. The van der Waals surface area contributed by atoms with Crippen LogP contribution < -0.4 is 5.32 Å². The number of aliphatic carboxylic acids is 1. The van der Waals surface area contributed by atoms with Crippen LogP contribution in [-0.2, 0) is 9.59 Å². The number of amides is 1. The Bertz CT molecular complexity index is 634. The van der Waals surface area contributed by atoms with Crippen molar-refractivity contribution >= 4 is 35.0 Å². The summed E-state index contributed by atoms with van der Waals surface area (Å²) in [7, 11) is 0. The van der Waals surface area contributed by atoms with Gasteiger partial charge in [0.2, 0.25) is 5.91 Å². The molecule has 0 spiro atoms. The summed E-state index contributed by atoms with van der Waals surface area (Å²) in [5.41, 5.74) is -0.932. The zero-order valence-corrected chi connectivity index (χ0v) is 12.0. The third-order valence-corrected chi connectivity index (χ3v) is 3.59. The lowest BCUT2D eigenvalue weighted by Crippen LogP contribution is -2.41. The molecule has 0 bridgehead atoms. The van der Waals surface area contributed by atoms with Crippen LogP contribution >= 0.6 is 11.8 Å². The molecule has 1 rings (SSSR count). The van der Waals surface area contributed by atoms with Crippen molar-refractivity contribution in [1.82, 2.24) is 5.32 Å². The zero-order chi connectivity index (χ0) is 16.9. The molecule has 22 heavy (non-hydrogen) atoms. The fraction of sp³-hybridized carbons (Fsp3) is 0.273. The monoisotopic (exact) mass is 329 g/mol. The van der Waals surface area contributed by atoms with Crippen LogP contribution in [0.2, 0.25) is 0 Å². The number of nitrogens with zero attached hydrogens (tertiary/aromatic N) is 2. The molecule has 0 unspecified atom stereocenters. The number of rotatable bonds is 7. The topological polar surface area (TPSA) is 153 Å². The fourth-order valence-corrected chi connectivity index (χ4v) is 2.49. The van der Waals surface area contributed by atoms with Crippen LogP contribution in [0.25, 0.3) is 0 Å². The van der Waals surface area contributed by atoms with Crippen LogP contribution in [0.3, 0.4) is 0 Å². The molecule has 0 radical (unpaired) electrons. The summed E-state index contributed by atoms with van der Waals surface area (Å²) in [5, 5.41) is 32.7. The second-order valence-corrected chi connectivity index (χ2v) is 5.13. The molecular formula is C11H11N3O7S. The number of hydrogen-bond acceptors (Lipinski definition) is 7. The number of carbonyl (C=O) groups excluding carboxylic acids is 1. The van der Waals surface area contributed by atoms with Crippen molar-refractivity contribution in [2.24, 2.45) is 0 Å². The third-order valence-electron chi connectivity index (χ3n) is 2.43. The average molecular weight is 329 g/mol. The van der Waals surface area contributed by atoms with Crippen molar-refractivity contribution in [3.05, 3.63) is 38.4 Å². The van der Waals surface area contributed by atoms with Gasteiger partial charge in [0.1, 0.15) is 6.04 Å². The van der Waals surface area contributed by atoms with Gasteiger partial charge < -0.3 is 10.4 Å². The molecule has 11 heteroatoms. The molecule has 0 aliphatic rings. The quantitative estimate of drug-likeness (QED) is 0.429. The first-order chi connectivity index (χ1) is 10.2. The molecule has 0 heterocycles. The number of carboxylic acids is 1. The summed E-state index contributed by atoms with van der Waals surface area (Å²) in [4.78, 5) is 41.9. The highest BCUT2D eigenvalue weighted by Crippen LogP contribution is 2.32. The van der Waals surface area contributed by atoms with E-state index in [-0.39, 0.29) is 10.6 Å². The molecule has 118 valence electrons. The standard InChI is InChI=1S/C11H11N3O7S/c1-6(15)12-8(11(16)17)5-22-10-3-2-7(13(18)19)4-9(10)14(20)21/h2-4,8H,5H2,1H3,(H,12,15)(H,16,17)/t8-/m0/s1. The summed E-state index contributed by atoms with van der Waals surface area (Å²) in [6.45, 7) is 1.15. The zero-order valence-electron chi connectivity index (χ0n) is 11.2. The Balaban J connectivity index is 2.97. The predicted octanol–water partition coefficient (Wildman–Crippen LogP) is 1.18. The molecule has 1 aromatic carbocycles. The normalized spacial score (nSPS) is 11.5. The second kappa shape index (κ2) is 7.36. The van der Waals surface area contributed by atoms with E-state index in [1.165, 1.54) is 6.07 Å². The molecule has 0 aromatic heterocycles. The van der Waals surface area contributed by atoms with Gasteiger partial charge >= 0.3 is 5.97 Å². The Morgan fingerprint density at radius 1 is 1.32 bits per heavy atom. The summed E-state index contributed by atoms with van der Waals surface area (Å²) in [6.07, 6.45) is 0. The van der Waals surface area contributed by atoms with E-state index in [0.29, 0.717) is 0 Å². The van der Waals surface area contributed by atoms with Crippen molar-refractivity contribution in [2.75, 3.05) is 5.75 Å². The smallest absolute Gasteiger partial charge is 0.327 e. The average Bonchev–Trinajstić information content (AvgIpc) is 2.42. The third kappa shape index (κ3) is 4.70. The highest BCUT2D eigenvalue weighted by atomic mass is 32.2. The number of nitrogens with one attached hydrogen (secondary N) is 1. The molecular weight excluding hydrogens is 318 g/mol. The molecule has 1 atom stereocenters. The molecule has 10 nitrogen and oxygen atoms in total. The molecule has 0 aliphatic carbocycles. The van der Waals surface area contributed by atoms with Crippen LogP contribution in [0.5, 0.6) is 0 Å². The van der Waals surface area contributed by atoms with E-state index in [1.807, 2.05) is 0 Å². The fourth-order valence-electron chi connectivity index (χ4n) is 1.48. The van der Waals surface area contributed by atoms with Gasteiger partial charge in [0.05, 0.1) is 20.8 Å². The van der Waals surface area contributed by atoms with Gasteiger partial charge in [-0.2, -0.15) is 0 Å². The van der Waals surface area contributed by atoms with E-state index in [9.17, 15) is 29.8 Å². The van der Waals surface area contributed by atoms with Crippen LogP contribution in [0, 0.1) is 20.2 Å². The van der Waals surface area contributed by atoms with E-state index in [0.717, 1.165) is 30.8 Å². The largest absolute Gasteiger partial charge is 0.480 e. The van der Waals surface area contributed by atoms with Gasteiger partial charge in [0.25, 0.3) is 11.4 Å². The van der Waals surface area contributed by atoms with Gasteiger partial charge in [-0.1, -0.05) is 0 Å². The number of nitro groups is 2. The number of benzene rings is 1. The van der Waals surface area contributed by atoms with Crippen molar-refractivity contribution in [3.8, 4) is 0 Å². The molecule has 1 aromatic rings. The van der Waals surface area contributed by atoms with Gasteiger partial charge in [-0.15, -0.1) is 11.8 Å². The number of hydrogen-bond donors (Lipinski definition) is 2. The molecule has 0 aliphatic heterocycles. The number of carbonyl (C=O) groups is 2. The van der Waals surface area contributed by atoms with Crippen molar-refractivity contribution in [2.45, 2.75) is 17.9 Å². The molecule has 0 saturated heterocycles. The molecule has 0 fully saturated rings. The Labute approximate surface area is 127 Å². The predicted molar refractivity (Wildman–Crippen MR) is 75.7 cm³/mol. The maximum absolute atomic E-state index is 11.0. The second-order valence-electron chi connectivity index (χ2n) is 4.07. The van der Waals surface area contributed by atoms with E-state index in [4.69, 9.17) is 5.11 Å². The minimum atomic E-state index is -1.28. The summed E-state index contributed by atoms with van der Waals surface area (Å²) in [6, 6.07) is 1.84. The Morgan fingerprint density at radius 3 is 2.41 bits per heavy atom. The highest BCUT2D eigenvalue weighted by molar-refractivity contribution is 7.99. The number of carboxylic acid groups (broad SMARTS) is 1. The van der Waals surface area contributed by atoms with Gasteiger partial charge in [-0.3, -0.25) is 25.0 Å². The van der Waals surface area contributed by atoms with Crippen LogP contribution in [0.1, 0.15) is 6.92 Å². The van der Waals surface area contributed by atoms with Gasteiger partial charge in [0.15, 0.2) is 0 Å². The summed E-state index contributed by atoms with van der Waals surface area (Å²) in [5.74, 6) is -1.99. The van der Waals surface area contributed by atoms with E-state index in [2.05, 4.69) is 5.32 Å². The number of thioether (sulfide) groups is 1. The van der Waals surface area contributed by atoms with Crippen LogP contribution in [0.4, 0.5) is 11.4 Å². The van der Waals surface area contributed by atoms with Crippen molar-refractivity contribution in [3.63, 3.8) is 0 Å². The maximum Gasteiger partial charge on any atom is 0.327 e. The Morgan fingerprint density at radius 2 is 1.95 bits per heavy atom. The highest BCUT2D eigenvalue weighted by Gasteiger charge is 2.23. The lowest BCUT2D eigenvalue weighted by molar-refractivity contribution is -0.396. The van der Waals surface area contributed by atoms with Crippen molar-refractivity contribution in [1.29, 1.82) is 0 Å². The first kappa shape index (κ1) is 17.4. The number of nitro benzene ring substituents is 2. The molecule has 2 N–H and O–H groups in total. The number of non-ortho nitro benzene ring substituents is 1. The van der Waals surface area contributed by atoms with Crippen LogP contribution in [-0.4, -0.2) is 38.6 Å². The first-order valence-corrected chi connectivity index (χ1v) is 6.76. The lowest BCUT2D eigenvalue weighted by Gasteiger charge is -2.12. The maximum atomic E-state index is 11.0. The van der Waals surface area contributed by atoms with Crippen LogP contribution in [0.15, 0.2) is 23.1 Å². The minimum Gasteiger partial charge on any atom is -0.480 e. The van der Waals surface area contributed by atoms with Gasteiger partial charge in [-0.05, 0) is 6.07 Å². The Kier molecular flexibility index (Phi) is 5.81.